The third-order valence-corrected chi connectivity index (χ3v) is 10.1. The van der Waals surface area contributed by atoms with Gasteiger partial charge in [0.25, 0.3) is 0 Å². The van der Waals surface area contributed by atoms with Gasteiger partial charge in [-0.3, -0.25) is 0 Å². The number of hydrogen-bond acceptors (Lipinski definition) is 4. The van der Waals surface area contributed by atoms with Crippen LogP contribution in [0.4, 0.5) is 0 Å². The molecule has 0 unspecified atom stereocenters. The van der Waals surface area contributed by atoms with E-state index in [1.54, 1.807) is 48.5 Å². The fourth-order valence-electron chi connectivity index (χ4n) is 4.28. The normalized spacial score (nSPS) is 18.3. The zero-order valence-electron chi connectivity index (χ0n) is 20.9. The minimum absolute atomic E-state index is 0.00122. The summed E-state index contributed by atoms with van der Waals surface area (Å²) in [4.78, 5) is 0.307. The Morgan fingerprint density at radius 2 is 1.22 bits per heavy atom. The average molecular weight is 527 g/mol. The Hall–Kier alpha value is -2.78. The topological polar surface area (TPSA) is 74.8 Å². The maximum absolute atomic E-state index is 13.9. The lowest BCUT2D eigenvalue weighted by molar-refractivity contribution is 0.200. The van der Waals surface area contributed by atoms with Gasteiger partial charge >= 0.3 is 0 Å². The van der Waals surface area contributed by atoms with E-state index >= 15 is 0 Å². The Morgan fingerprint density at radius 3 is 1.64 bits per heavy atom. The number of nitrogens with zero attached hydrogens (tertiary/aromatic N) is 2. The first-order chi connectivity index (χ1) is 17.0. The van der Waals surface area contributed by atoms with Gasteiger partial charge in [-0.05, 0) is 56.5 Å². The maximum atomic E-state index is 13.9. The molecular weight excluding hydrogens is 492 g/mol. The average Bonchev–Trinajstić information content (AvgIpc) is 2.86. The molecule has 0 saturated heterocycles. The number of sulfonamides is 2. The number of benzene rings is 2. The minimum atomic E-state index is -3.98. The molecule has 8 heteroatoms. The first kappa shape index (κ1) is 27.8. The van der Waals surface area contributed by atoms with Crippen LogP contribution in [0.2, 0.25) is 0 Å². The van der Waals surface area contributed by atoms with Gasteiger partial charge in [0.2, 0.25) is 20.0 Å². The minimum Gasteiger partial charge on any atom is -0.207 e. The summed E-state index contributed by atoms with van der Waals surface area (Å²) in [6, 6.07) is 12.0. The van der Waals surface area contributed by atoms with E-state index in [2.05, 4.69) is 19.7 Å². The molecule has 1 aliphatic rings. The Kier molecular flexibility index (Phi) is 8.89. The summed E-state index contributed by atoms with van der Waals surface area (Å²) < 4.78 is 58.1. The van der Waals surface area contributed by atoms with E-state index in [-0.39, 0.29) is 22.9 Å². The van der Waals surface area contributed by atoms with Gasteiger partial charge in [-0.2, -0.15) is 8.61 Å². The summed E-state index contributed by atoms with van der Waals surface area (Å²) in [5.41, 5.74) is 2.41. The summed E-state index contributed by atoms with van der Waals surface area (Å²) in [6.45, 7) is 15.3. The van der Waals surface area contributed by atoms with Crippen molar-refractivity contribution in [1.29, 1.82) is 0 Å². The van der Waals surface area contributed by atoms with Crippen LogP contribution in [-0.4, -0.2) is 50.6 Å². The van der Waals surface area contributed by atoms with Crippen LogP contribution in [0.5, 0.6) is 0 Å². The maximum Gasteiger partial charge on any atom is 0.243 e. The molecule has 0 spiro atoms. The lowest BCUT2D eigenvalue weighted by Gasteiger charge is -2.42. The van der Waals surface area contributed by atoms with Gasteiger partial charge in [-0.25, -0.2) is 16.8 Å². The summed E-state index contributed by atoms with van der Waals surface area (Å²) >= 11 is 0. The van der Waals surface area contributed by atoms with Crippen LogP contribution in [0.15, 0.2) is 108 Å². The molecule has 0 radical (unpaired) electrons. The number of rotatable bonds is 11. The van der Waals surface area contributed by atoms with Crippen LogP contribution in [0.1, 0.15) is 24.0 Å². The Bertz CT molecular complexity index is 1340. The van der Waals surface area contributed by atoms with Crippen molar-refractivity contribution in [3.63, 3.8) is 0 Å². The quantitative estimate of drug-likeness (QED) is 0.305. The molecule has 2 atom stereocenters. The van der Waals surface area contributed by atoms with Crippen molar-refractivity contribution in [3.05, 3.63) is 109 Å². The predicted molar refractivity (Wildman–Crippen MR) is 146 cm³/mol. The second-order valence-electron chi connectivity index (χ2n) is 8.98. The zero-order chi connectivity index (χ0) is 26.5. The molecule has 36 heavy (non-hydrogen) atoms. The number of aryl methyl sites for hydroxylation is 2. The summed E-state index contributed by atoms with van der Waals surface area (Å²) in [6.07, 6.45) is 7.58. The van der Waals surface area contributed by atoms with Gasteiger partial charge < -0.3 is 0 Å². The third kappa shape index (κ3) is 5.95. The highest BCUT2D eigenvalue weighted by atomic mass is 32.2. The molecule has 0 aromatic heterocycles. The molecule has 2 aromatic rings. The van der Waals surface area contributed by atoms with Crippen molar-refractivity contribution in [3.8, 4) is 0 Å². The molecule has 1 aliphatic carbocycles. The first-order valence-corrected chi connectivity index (χ1v) is 14.6. The predicted octanol–water partition coefficient (Wildman–Crippen LogP) is 5.00. The van der Waals surface area contributed by atoms with Crippen LogP contribution < -0.4 is 0 Å². The van der Waals surface area contributed by atoms with E-state index in [1.807, 2.05) is 26.0 Å². The van der Waals surface area contributed by atoms with E-state index < -0.39 is 32.1 Å². The molecule has 2 aromatic carbocycles. The van der Waals surface area contributed by atoms with Crippen molar-refractivity contribution in [2.45, 2.75) is 48.6 Å². The van der Waals surface area contributed by atoms with Gasteiger partial charge in [0.05, 0.1) is 9.79 Å². The highest BCUT2D eigenvalue weighted by Gasteiger charge is 2.42. The van der Waals surface area contributed by atoms with Crippen molar-refractivity contribution in [2.75, 3.05) is 13.1 Å². The van der Waals surface area contributed by atoms with Gasteiger partial charge in [-0.15, -0.1) is 6.58 Å². The standard InChI is InChI=1S/C28H34N2O4S2/c1-6-20-29(35(31,32)25-16-12-23(4)13-17-25)27-10-8-9-11-28(27)30(21-22(3)7-2)36(33,34)26-18-14-24(5)15-19-26/h6-9,12-19,27-28H,1-3,10-11,20-21H2,4-5H3/t27-,28+/m1/s1. The van der Waals surface area contributed by atoms with Crippen LogP contribution in [0.25, 0.3) is 0 Å². The third-order valence-electron chi connectivity index (χ3n) is 6.32. The van der Waals surface area contributed by atoms with E-state index in [1.165, 1.54) is 20.8 Å². The second kappa shape index (κ2) is 11.5. The Labute approximate surface area is 216 Å². The van der Waals surface area contributed by atoms with E-state index in [9.17, 15) is 16.8 Å². The van der Waals surface area contributed by atoms with E-state index in [4.69, 9.17) is 0 Å². The lowest BCUT2D eigenvalue weighted by atomic mass is 9.95. The van der Waals surface area contributed by atoms with Gasteiger partial charge in [-0.1, -0.05) is 72.9 Å². The molecule has 3 rings (SSSR count). The monoisotopic (exact) mass is 526 g/mol. The SMILES string of the molecule is C=CCN([C@@H]1CC=CC[C@@H]1N(CC(=C)C=C)S(=O)(=O)c1ccc(C)cc1)S(=O)(=O)c1ccc(C)cc1. The van der Waals surface area contributed by atoms with Crippen molar-refractivity contribution in [1.82, 2.24) is 8.61 Å². The van der Waals surface area contributed by atoms with Crippen LogP contribution in [0.3, 0.4) is 0 Å². The first-order valence-electron chi connectivity index (χ1n) is 11.8. The lowest BCUT2D eigenvalue weighted by Crippen LogP contribution is -2.56. The molecule has 6 nitrogen and oxygen atoms in total. The van der Waals surface area contributed by atoms with Crippen molar-refractivity contribution in [2.24, 2.45) is 0 Å². The highest BCUT2D eigenvalue weighted by molar-refractivity contribution is 7.89. The Balaban J connectivity index is 2.12. The second-order valence-corrected chi connectivity index (χ2v) is 12.8. The fourth-order valence-corrected chi connectivity index (χ4v) is 7.59. The molecule has 192 valence electrons. The molecule has 0 heterocycles. The molecule has 0 aliphatic heterocycles. The molecular formula is C28H34N2O4S2. The fraction of sp³-hybridized carbons (Fsp3) is 0.286. The molecule has 0 N–H and O–H groups in total. The summed E-state index contributed by atoms with van der Waals surface area (Å²) in [5.74, 6) is 0. The van der Waals surface area contributed by atoms with Crippen molar-refractivity contribution >= 4 is 20.0 Å². The van der Waals surface area contributed by atoms with E-state index in [0.717, 1.165) is 11.1 Å². The largest absolute Gasteiger partial charge is 0.243 e. The van der Waals surface area contributed by atoms with E-state index in [0.29, 0.717) is 18.4 Å². The molecule has 0 bridgehead atoms. The number of hydrogen-bond donors (Lipinski definition) is 0. The van der Waals surface area contributed by atoms with Gasteiger partial charge in [0.1, 0.15) is 0 Å². The smallest absolute Gasteiger partial charge is 0.207 e. The van der Waals surface area contributed by atoms with Crippen LogP contribution in [0, 0.1) is 13.8 Å². The van der Waals surface area contributed by atoms with Crippen LogP contribution in [-0.2, 0) is 20.0 Å². The van der Waals surface area contributed by atoms with Crippen molar-refractivity contribution < 1.29 is 16.8 Å². The Morgan fingerprint density at radius 1 is 0.806 bits per heavy atom. The molecule has 0 saturated carbocycles. The zero-order valence-corrected chi connectivity index (χ0v) is 22.5. The highest BCUT2D eigenvalue weighted by Crippen LogP contribution is 2.32. The van der Waals surface area contributed by atoms with Crippen LogP contribution >= 0.6 is 0 Å². The van der Waals surface area contributed by atoms with Gasteiger partial charge in [0, 0.05) is 25.2 Å². The summed E-state index contributed by atoms with van der Waals surface area (Å²) in [5, 5.41) is 0. The van der Waals surface area contributed by atoms with Gasteiger partial charge in [0.15, 0.2) is 0 Å². The summed E-state index contributed by atoms with van der Waals surface area (Å²) in [7, 11) is -7.91. The molecule has 0 amide bonds. The molecule has 0 fully saturated rings.